The monoisotopic (exact) mass is 202 g/mol. The van der Waals surface area contributed by atoms with E-state index in [-0.39, 0.29) is 12.5 Å². The Morgan fingerprint density at radius 3 is 2.92 bits per heavy atom. The number of rotatable bonds is 2. The topological polar surface area (TPSA) is 46.3 Å². The molecule has 1 aliphatic rings. The average Bonchev–Trinajstić information content (AvgIpc) is 2.17. The Morgan fingerprint density at radius 2 is 2.38 bits per heavy atom. The Morgan fingerprint density at radius 1 is 1.69 bits per heavy atom. The third-order valence-corrected chi connectivity index (χ3v) is 3.90. The van der Waals surface area contributed by atoms with Gasteiger partial charge in [0.05, 0.1) is 6.54 Å². The highest BCUT2D eigenvalue weighted by Gasteiger charge is 2.24. The molecule has 1 saturated heterocycles. The maximum Gasteiger partial charge on any atom is 0.236 e. The molecule has 1 heterocycles. The number of hydrogen-bond donors (Lipinski definition) is 1. The second-order valence-corrected chi connectivity index (χ2v) is 5.04. The zero-order valence-corrected chi connectivity index (χ0v) is 9.14. The van der Waals surface area contributed by atoms with Crippen molar-refractivity contribution in [3.8, 4) is 0 Å². The quantitative estimate of drug-likeness (QED) is 0.711. The third kappa shape index (κ3) is 2.88. The van der Waals surface area contributed by atoms with Crippen LogP contribution in [0.1, 0.15) is 13.8 Å². The lowest BCUT2D eigenvalue weighted by Gasteiger charge is -2.34. The van der Waals surface area contributed by atoms with Crippen LogP contribution in [-0.2, 0) is 4.79 Å². The van der Waals surface area contributed by atoms with Gasteiger partial charge < -0.3 is 10.6 Å². The van der Waals surface area contributed by atoms with Crippen LogP contribution in [-0.4, -0.2) is 41.4 Å². The second kappa shape index (κ2) is 4.86. The maximum absolute atomic E-state index is 11.3. The highest BCUT2D eigenvalue weighted by Crippen LogP contribution is 2.24. The van der Waals surface area contributed by atoms with Crippen molar-refractivity contribution in [2.24, 2.45) is 11.7 Å². The van der Waals surface area contributed by atoms with Gasteiger partial charge in [0, 0.05) is 24.1 Å². The van der Waals surface area contributed by atoms with Crippen LogP contribution < -0.4 is 5.73 Å². The highest BCUT2D eigenvalue weighted by molar-refractivity contribution is 8.00. The van der Waals surface area contributed by atoms with E-state index in [2.05, 4.69) is 13.8 Å². The lowest BCUT2D eigenvalue weighted by atomic mass is 10.1. The smallest absolute Gasteiger partial charge is 0.236 e. The predicted octanol–water partition coefficient (Wildman–Crippen LogP) is 0.545. The van der Waals surface area contributed by atoms with Crippen molar-refractivity contribution in [2.75, 3.05) is 25.4 Å². The fourth-order valence-electron chi connectivity index (χ4n) is 1.43. The summed E-state index contributed by atoms with van der Waals surface area (Å²) in [4.78, 5) is 13.2. The van der Waals surface area contributed by atoms with E-state index in [1.807, 2.05) is 16.7 Å². The van der Waals surface area contributed by atoms with Crippen molar-refractivity contribution in [1.29, 1.82) is 0 Å². The van der Waals surface area contributed by atoms with Crippen molar-refractivity contribution < 1.29 is 4.79 Å². The van der Waals surface area contributed by atoms with E-state index in [0.717, 1.165) is 18.8 Å². The third-order valence-electron chi connectivity index (χ3n) is 2.36. The standard InChI is InChI=1S/C9H18N2OS/c1-7(2)8-6-11(3-4-13-8)9(12)5-10/h7-8H,3-6,10H2,1-2H3. The number of amides is 1. The zero-order valence-electron chi connectivity index (χ0n) is 8.32. The molecule has 0 aromatic carbocycles. The van der Waals surface area contributed by atoms with Crippen molar-refractivity contribution in [3.05, 3.63) is 0 Å². The fraction of sp³-hybridized carbons (Fsp3) is 0.889. The van der Waals surface area contributed by atoms with Gasteiger partial charge >= 0.3 is 0 Å². The first-order valence-electron chi connectivity index (χ1n) is 4.74. The van der Waals surface area contributed by atoms with Gasteiger partial charge in [-0.3, -0.25) is 4.79 Å². The van der Waals surface area contributed by atoms with Crippen LogP contribution in [0.4, 0.5) is 0 Å². The SMILES string of the molecule is CC(C)C1CN(C(=O)CN)CCS1. The molecule has 2 N–H and O–H groups in total. The van der Waals surface area contributed by atoms with Gasteiger partial charge in [-0.05, 0) is 5.92 Å². The summed E-state index contributed by atoms with van der Waals surface area (Å²) in [7, 11) is 0. The molecule has 0 aromatic heterocycles. The normalized spacial score (nSPS) is 23.7. The van der Waals surface area contributed by atoms with Gasteiger partial charge in [0.25, 0.3) is 0 Å². The summed E-state index contributed by atoms with van der Waals surface area (Å²) in [5.74, 6) is 1.78. The Kier molecular flexibility index (Phi) is 4.06. The molecule has 4 heteroatoms. The molecule has 3 nitrogen and oxygen atoms in total. The maximum atomic E-state index is 11.3. The van der Waals surface area contributed by atoms with Crippen molar-refractivity contribution in [1.82, 2.24) is 4.90 Å². The van der Waals surface area contributed by atoms with Gasteiger partial charge in [-0.2, -0.15) is 11.8 Å². The van der Waals surface area contributed by atoms with Gasteiger partial charge in [0.2, 0.25) is 5.91 Å². The summed E-state index contributed by atoms with van der Waals surface area (Å²) in [6, 6.07) is 0. The first-order chi connectivity index (χ1) is 6.15. The molecule has 1 fully saturated rings. The molecular formula is C9H18N2OS. The molecule has 76 valence electrons. The Balaban J connectivity index is 2.46. The zero-order chi connectivity index (χ0) is 9.84. The summed E-state index contributed by atoms with van der Waals surface area (Å²) in [5.41, 5.74) is 5.33. The van der Waals surface area contributed by atoms with E-state index in [1.165, 1.54) is 0 Å². The molecule has 0 bridgehead atoms. The summed E-state index contributed by atoms with van der Waals surface area (Å²) >= 11 is 1.97. The lowest BCUT2D eigenvalue weighted by molar-refractivity contribution is -0.129. The molecule has 1 unspecified atom stereocenters. The van der Waals surface area contributed by atoms with Crippen LogP contribution in [0.25, 0.3) is 0 Å². The molecule has 13 heavy (non-hydrogen) atoms. The van der Waals surface area contributed by atoms with Crippen LogP contribution in [0.2, 0.25) is 0 Å². The fourth-order valence-corrected chi connectivity index (χ4v) is 2.73. The van der Waals surface area contributed by atoms with Crippen LogP contribution in [0.3, 0.4) is 0 Å². The molecule has 1 rings (SSSR count). The Hall–Kier alpha value is -0.220. The molecule has 1 aliphatic heterocycles. The van der Waals surface area contributed by atoms with Crippen molar-refractivity contribution >= 4 is 17.7 Å². The number of hydrogen-bond acceptors (Lipinski definition) is 3. The van der Waals surface area contributed by atoms with Gasteiger partial charge in [-0.25, -0.2) is 0 Å². The highest BCUT2D eigenvalue weighted by atomic mass is 32.2. The van der Waals surface area contributed by atoms with E-state index >= 15 is 0 Å². The van der Waals surface area contributed by atoms with Gasteiger partial charge in [-0.1, -0.05) is 13.8 Å². The lowest BCUT2D eigenvalue weighted by Crippen LogP contribution is -2.45. The summed E-state index contributed by atoms with van der Waals surface area (Å²) in [6.07, 6.45) is 0. The van der Waals surface area contributed by atoms with Gasteiger partial charge in [0.1, 0.15) is 0 Å². The summed E-state index contributed by atoms with van der Waals surface area (Å²) < 4.78 is 0. The minimum absolute atomic E-state index is 0.0888. The number of thioether (sulfide) groups is 1. The van der Waals surface area contributed by atoms with Crippen LogP contribution >= 0.6 is 11.8 Å². The number of carbonyl (C=O) groups excluding carboxylic acids is 1. The molecule has 0 radical (unpaired) electrons. The average molecular weight is 202 g/mol. The molecule has 0 saturated carbocycles. The number of nitrogens with two attached hydrogens (primary N) is 1. The van der Waals surface area contributed by atoms with Crippen LogP contribution in [0.5, 0.6) is 0 Å². The first kappa shape index (κ1) is 10.9. The molecule has 0 spiro atoms. The Bertz CT molecular complexity index is 184. The molecule has 0 aromatic rings. The number of nitrogens with zero attached hydrogens (tertiary/aromatic N) is 1. The second-order valence-electron chi connectivity index (χ2n) is 3.70. The largest absolute Gasteiger partial charge is 0.340 e. The molecular weight excluding hydrogens is 184 g/mol. The van der Waals surface area contributed by atoms with E-state index in [1.54, 1.807) is 0 Å². The number of carbonyl (C=O) groups is 1. The molecule has 0 aliphatic carbocycles. The minimum Gasteiger partial charge on any atom is -0.340 e. The summed E-state index contributed by atoms with van der Waals surface area (Å²) in [6.45, 7) is 6.29. The predicted molar refractivity (Wildman–Crippen MR) is 56.7 cm³/mol. The van der Waals surface area contributed by atoms with E-state index in [9.17, 15) is 4.79 Å². The van der Waals surface area contributed by atoms with Crippen LogP contribution in [0.15, 0.2) is 0 Å². The summed E-state index contributed by atoms with van der Waals surface area (Å²) in [5, 5.41) is 0.587. The van der Waals surface area contributed by atoms with Gasteiger partial charge in [0.15, 0.2) is 0 Å². The van der Waals surface area contributed by atoms with Gasteiger partial charge in [-0.15, -0.1) is 0 Å². The van der Waals surface area contributed by atoms with Crippen LogP contribution in [0, 0.1) is 5.92 Å². The minimum atomic E-state index is 0.0888. The molecule has 1 amide bonds. The Labute approximate surface area is 84.0 Å². The van der Waals surface area contributed by atoms with Crippen molar-refractivity contribution in [3.63, 3.8) is 0 Å². The van der Waals surface area contributed by atoms with E-state index < -0.39 is 0 Å². The first-order valence-corrected chi connectivity index (χ1v) is 5.79. The molecule has 1 atom stereocenters. The van der Waals surface area contributed by atoms with E-state index in [0.29, 0.717) is 11.2 Å². The van der Waals surface area contributed by atoms with E-state index in [4.69, 9.17) is 5.73 Å². The van der Waals surface area contributed by atoms with Crippen molar-refractivity contribution in [2.45, 2.75) is 19.1 Å².